The lowest BCUT2D eigenvalue weighted by Gasteiger charge is -2.15. The van der Waals surface area contributed by atoms with Gasteiger partial charge in [-0.2, -0.15) is 0 Å². The molecule has 0 aliphatic rings. The van der Waals surface area contributed by atoms with Crippen LogP contribution in [0.1, 0.15) is 33.2 Å². The monoisotopic (exact) mass is 181 g/mol. The number of nitrogens with two attached hydrogens (primary N) is 1. The van der Waals surface area contributed by atoms with Gasteiger partial charge in [0.05, 0.1) is 0 Å². The molecule has 74 valence electrons. The van der Waals surface area contributed by atoms with Crippen molar-refractivity contribution in [2.45, 2.75) is 33.2 Å². The quantitative estimate of drug-likeness (QED) is 0.749. The van der Waals surface area contributed by atoms with Gasteiger partial charge < -0.3 is 15.6 Å². The molecule has 1 rings (SSSR count). The van der Waals surface area contributed by atoms with E-state index in [2.05, 4.69) is 30.7 Å². The van der Waals surface area contributed by atoms with Crippen molar-refractivity contribution < 1.29 is 0 Å². The van der Waals surface area contributed by atoms with Gasteiger partial charge in [-0.15, -0.1) is 0 Å². The lowest BCUT2D eigenvalue weighted by Crippen LogP contribution is -2.11. The minimum absolute atomic E-state index is 0.411. The minimum atomic E-state index is 0.411. The summed E-state index contributed by atoms with van der Waals surface area (Å²) in [5, 5.41) is 3.35. The first-order valence-corrected chi connectivity index (χ1v) is 4.87. The molecule has 0 amide bonds. The Balaban J connectivity index is 2.81. The summed E-state index contributed by atoms with van der Waals surface area (Å²) in [6.45, 7) is 7.41. The Morgan fingerprint density at radius 1 is 1.46 bits per heavy atom. The van der Waals surface area contributed by atoms with Crippen LogP contribution in [0.4, 0.5) is 11.6 Å². The lowest BCUT2D eigenvalue weighted by molar-refractivity contribution is 0.616. The van der Waals surface area contributed by atoms with E-state index in [1.165, 1.54) is 0 Å². The third kappa shape index (κ3) is 2.17. The Hall–Kier alpha value is -1.12. The molecule has 0 atom stereocenters. The zero-order valence-electron chi connectivity index (χ0n) is 8.67. The molecule has 1 aromatic heterocycles. The van der Waals surface area contributed by atoms with Crippen LogP contribution in [0.5, 0.6) is 0 Å². The lowest BCUT2D eigenvalue weighted by atomic mass is 10.4. The third-order valence-electron chi connectivity index (χ3n) is 2.02. The van der Waals surface area contributed by atoms with Gasteiger partial charge in [-0.3, -0.25) is 0 Å². The number of anilines is 2. The molecule has 0 fully saturated rings. The normalized spacial score (nSPS) is 10.8. The van der Waals surface area contributed by atoms with E-state index < -0.39 is 0 Å². The van der Waals surface area contributed by atoms with Crippen molar-refractivity contribution in [1.29, 1.82) is 0 Å². The van der Waals surface area contributed by atoms with Crippen LogP contribution in [0.25, 0.3) is 0 Å². The Bertz CT molecular complexity index is 263. The van der Waals surface area contributed by atoms with Crippen LogP contribution in [0.15, 0.2) is 12.1 Å². The molecule has 0 unspecified atom stereocenters. The first-order chi connectivity index (χ1) is 6.16. The maximum atomic E-state index is 5.84. The second-order valence-electron chi connectivity index (χ2n) is 3.53. The van der Waals surface area contributed by atoms with Crippen molar-refractivity contribution in [3.05, 3.63) is 12.1 Å². The highest BCUT2D eigenvalue weighted by Crippen LogP contribution is 2.21. The molecule has 13 heavy (non-hydrogen) atoms. The first-order valence-electron chi connectivity index (χ1n) is 4.87. The SMILES string of the molecule is CCCNc1ccc(N)n1C(C)C. The highest BCUT2D eigenvalue weighted by molar-refractivity contribution is 5.49. The number of nitrogens with zero attached hydrogens (tertiary/aromatic N) is 1. The van der Waals surface area contributed by atoms with Gasteiger partial charge in [-0.25, -0.2) is 0 Å². The van der Waals surface area contributed by atoms with Gasteiger partial charge in [-0.05, 0) is 32.4 Å². The smallest absolute Gasteiger partial charge is 0.107 e. The summed E-state index contributed by atoms with van der Waals surface area (Å²) in [7, 11) is 0. The van der Waals surface area contributed by atoms with E-state index in [1.807, 2.05) is 12.1 Å². The van der Waals surface area contributed by atoms with Crippen LogP contribution in [0, 0.1) is 0 Å². The average Bonchev–Trinajstić information content (AvgIpc) is 2.43. The molecule has 1 aromatic rings. The van der Waals surface area contributed by atoms with E-state index in [0.29, 0.717) is 6.04 Å². The van der Waals surface area contributed by atoms with Crippen LogP contribution in [0.3, 0.4) is 0 Å². The summed E-state index contributed by atoms with van der Waals surface area (Å²) < 4.78 is 2.11. The van der Waals surface area contributed by atoms with Crippen molar-refractivity contribution >= 4 is 11.6 Å². The molecule has 0 saturated heterocycles. The van der Waals surface area contributed by atoms with Crippen LogP contribution >= 0.6 is 0 Å². The zero-order valence-corrected chi connectivity index (χ0v) is 8.67. The van der Waals surface area contributed by atoms with Crippen molar-refractivity contribution in [3.63, 3.8) is 0 Å². The predicted octanol–water partition coefficient (Wildman–Crippen LogP) is 2.47. The maximum absolute atomic E-state index is 5.84. The molecule has 1 heterocycles. The fourth-order valence-corrected chi connectivity index (χ4v) is 1.44. The first kappa shape index (κ1) is 9.96. The van der Waals surface area contributed by atoms with Gasteiger partial charge in [0.1, 0.15) is 11.6 Å². The maximum Gasteiger partial charge on any atom is 0.107 e. The van der Waals surface area contributed by atoms with Crippen molar-refractivity contribution in [3.8, 4) is 0 Å². The van der Waals surface area contributed by atoms with Crippen LogP contribution in [0.2, 0.25) is 0 Å². The molecule has 0 bridgehead atoms. The summed E-state index contributed by atoms with van der Waals surface area (Å²) in [5.41, 5.74) is 5.84. The van der Waals surface area contributed by atoms with Crippen molar-refractivity contribution in [1.82, 2.24) is 4.57 Å². The Labute approximate surface area is 79.9 Å². The summed E-state index contributed by atoms with van der Waals surface area (Å²) in [6.07, 6.45) is 1.13. The van der Waals surface area contributed by atoms with E-state index in [9.17, 15) is 0 Å². The standard InChI is InChI=1S/C10H19N3/c1-4-7-12-10-6-5-9(11)13(10)8(2)3/h5-6,8,12H,4,7,11H2,1-3H3. The largest absolute Gasteiger partial charge is 0.385 e. The second kappa shape index (κ2) is 4.21. The van der Waals surface area contributed by atoms with E-state index in [0.717, 1.165) is 24.6 Å². The van der Waals surface area contributed by atoms with Gasteiger partial charge in [0.2, 0.25) is 0 Å². The number of rotatable bonds is 4. The molecule has 0 radical (unpaired) electrons. The Morgan fingerprint density at radius 3 is 2.69 bits per heavy atom. The molecule has 0 aliphatic carbocycles. The van der Waals surface area contributed by atoms with E-state index >= 15 is 0 Å². The number of nitrogen functional groups attached to an aromatic ring is 1. The minimum Gasteiger partial charge on any atom is -0.385 e. The average molecular weight is 181 g/mol. The van der Waals surface area contributed by atoms with Crippen molar-refractivity contribution in [2.75, 3.05) is 17.6 Å². The van der Waals surface area contributed by atoms with E-state index in [1.54, 1.807) is 0 Å². The van der Waals surface area contributed by atoms with Crippen LogP contribution < -0.4 is 11.1 Å². The number of nitrogens with one attached hydrogen (secondary N) is 1. The molecular weight excluding hydrogens is 162 g/mol. The molecule has 0 aliphatic heterocycles. The molecule has 3 heteroatoms. The Kier molecular flexibility index (Phi) is 3.23. The number of aromatic nitrogens is 1. The number of hydrogen-bond acceptors (Lipinski definition) is 2. The topological polar surface area (TPSA) is 43.0 Å². The van der Waals surface area contributed by atoms with E-state index in [4.69, 9.17) is 5.73 Å². The van der Waals surface area contributed by atoms with Crippen LogP contribution in [-0.4, -0.2) is 11.1 Å². The molecule has 3 nitrogen and oxygen atoms in total. The summed E-state index contributed by atoms with van der Waals surface area (Å²) >= 11 is 0. The predicted molar refractivity (Wildman–Crippen MR) is 58.0 cm³/mol. The fraction of sp³-hybridized carbons (Fsp3) is 0.600. The molecule has 0 saturated carbocycles. The molecule has 0 aromatic carbocycles. The second-order valence-corrected chi connectivity index (χ2v) is 3.53. The molecular formula is C10H19N3. The molecule has 3 N–H and O–H groups in total. The highest BCUT2D eigenvalue weighted by atomic mass is 15.2. The third-order valence-corrected chi connectivity index (χ3v) is 2.02. The zero-order chi connectivity index (χ0) is 9.84. The Morgan fingerprint density at radius 2 is 2.15 bits per heavy atom. The van der Waals surface area contributed by atoms with Gasteiger partial charge in [-0.1, -0.05) is 6.92 Å². The number of hydrogen-bond donors (Lipinski definition) is 2. The highest BCUT2D eigenvalue weighted by Gasteiger charge is 2.07. The summed E-state index contributed by atoms with van der Waals surface area (Å²) in [4.78, 5) is 0. The van der Waals surface area contributed by atoms with Gasteiger partial charge in [0, 0.05) is 12.6 Å². The summed E-state index contributed by atoms with van der Waals surface area (Å²) in [5.74, 6) is 1.95. The van der Waals surface area contributed by atoms with Gasteiger partial charge >= 0.3 is 0 Å². The van der Waals surface area contributed by atoms with Crippen molar-refractivity contribution in [2.24, 2.45) is 0 Å². The molecule has 0 spiro atoms. The van der Waals surface area contributed by atoms with Crippen LogP contribution in [-0.2, 0) is 0 Å². The summed E-state index contributed by atoms with van der Waals surface area (Å²) in [6, 6.07) is 4.39. The van der Waals surface area contributed by atoms with Gasteiger partial charge in [0.25, 0.3) is 0 Å². The van der Waals surface area contributed by atoms with E-state index in [-0.39, 0.29) is 0 Å². The van der Waals surface area contributed by atoms with Gasteiger partial charge in [0.15, 0.2) is 0 Å². The fourth-order valence-electron chi connectivity index (χ4n) is 1.44.